The molecule has 2 atom stereocenters. The maximum Gasteiger partial charge on any atom is 0.252 e. The summed E-state index contributed by atoms with van der Waals surface area (Å²) in [6.07, 6.45) is 2.17. The number of rotatable bonds is 7. The van der Waals surface area contributed by atoms with E-state index in [0.29, 0.717) is 19.6 Å². The number of halogens is 1. The maximum atomic E-state index is 13.0. The van der Waals surface area contributed by atoms with E-state index in [1.54, 1.807) is 11.3 Å². The molecule has 1 aromatic heterocycles. The van der Waals surface area contributed by atoms with Crippen LogP contribution in [0.15, 0.2) is 42.5 Å². The second-order valence-electron chi connectivity index (χ2n) is 6.57. The van der Waals surface area contributed by atoms with Crippen LogP contribution in [0.4, 0.5) is 0 Å². The minimum Gasteiger partial charge on any atom is -0.364 e. The number of nitrogens with two attached hydrogens (primary N) is 1. The summed E-state index contributed by atoms with van der Waals surface area (Å²) in [5.74, 6) is 0.0953. The number of hydrogen-bond donors (Lipinski definition) is 1. The molecule has 0 aliphatic carbocycles. The molecule has 0 unspecified atom stereocenters. The largest absolute Gasteiger partial charge is 0.364 e. The highest BCUT2D eigenvalue weighted by molar-refractivity contribution is 7.11. The maximum absolute atomic E-state index is 13.0. The SMILES string of the molecule is Cc1ccc(CN(CCc2ccccc2)C(=O)[C@@H]2CC[C@H](CN)O2)s1.Cl. The molecule has 1 amide bonds. The Bertz CT molecular complexity index is 692. The van der Waals surface area contributed by atoms with Gasteiger partial charge in [-0.25, -0.2) is 0 Å². The van der Waals surface area contributed by atoms with E-state index in [2.05, 4.69) is 31.2 Å². The Kier molecular flexibility index (Phi) is 8.10. The Labute approximate surface area is 165 Å². The van der Waals surface area contributed by atoms with Gasteiger partial charge in [0.1, 0.15) is 6.10 Å². The van der Waals surface area contributed by atoms with Crippen molar-refractivity contribution in [1.82, 2.24) is 4.90 Å². The Hall–Kier alpha value is -1.40. The van der Waals surface area contributed by atoms with Gasteiger partial charge in [0.2, 0.25) is 0 Å². The summed E-state index contributed by atoms with van der Waals surface area (Å²) < 4.78 is 5.84. The minimum atomic E-state index is -0.342. The number of carbonyl (C=O) groups is 1. The number of carbonyl (C=O) groups excluding carboxylic acids is 1. The Morgan fingerprint density at radius 2 is 2.00 bits per heavy atom. The van der Waals surface area contributed by atoms with Gasteiger partial charge in [0, 0.05) is 22.8 Å². The van der Waals surface area contributed by atoms with Gasteiger partial charge in [0.15, 0.2) is 0 Å². The van der Waals surface area contributed by atoms with Crippen molar-refractivity contribution in [2.45, 2.75) is 44.9 Å². The number of thiophene rings is 1. The second-order valence-corrected chi connectivity index (χ2v) is 7.94. The van der Waals surface area contributed by atoms with E-state index >= 15 is 0 Å². The van der Waals surface area contributed by atoms with Crippen LogP contribution in [0.3, 0.4) is 0 Å². The molecule has 26 heavy (non-hydrogen) atoms. The molecule has 2 N–H and O–H groups in total. The van der Waals surface area contributed by atoms with Crippen molar-refractivity contribution in [2.24, 2.45) is 5.73 Å². The normalized spacial score (nSPS) is 19.2. The average molecular weight is 395 g/mol. The highest BCUT2D eigenvalue weighted by atomic mass is 35.5. The first-order chi connectivity index (χ1) is 12.2. The first kappa shape index (κ1) is 20.9. The van der Waals surface area contributed by atoms with Crippen LogP contribution in [-0.2, 0) is 22.5 Å². The molecule has 0 radical (unpaired) electrons. The van der Waals surface area contributed by atoms with Gasteiger partial charge < -0.3 is 15.4 Å². The summed E-state index contributed by atoms with van der Waals surface area (Å²) in [6.45, 7) is 3.93. The minimum absolute atomic E-state index is 0. The fourth-order valence-electron chi connectivity index (χ4n) is 3.20. The number of amides is 1. The molecule has 1 aliphatic rings. The number of benzene rings is 1. The molecule has 0 saturated carbocycles. The van der Waals surface area contributed by atoms with Gasteiger partial charge in [-0.05, 0) is 43.9 Å². The van der Waals surface area contributed by atoms with E-state index in [1.165, 1.54) is 15.3 Å². The van der Waals surface area contributed by atoms with E-state index in [1.807, 2.05) is 23.1 Å². The predicted octanol–water partition coefficient (Wildman–Crippen LogP) is 3.56. The summed E-state index contributed by atoms with van der Waals surface area (Å²) in [5.41, 5.74) is 6.93. The van der Waals surface area contributed by atoms with Crippen molar-refractivity contribution in [3.63, 3.8) is 0 Å². The van der Waals surface area contributed by atoms with Crippen molar-refractivity contribution < 1.29 is 9.53 Å². The van der Waals surface area contributed by atoms with Crippen molar-refractivity contribution in [3.05, 3.63) is 57.8 Å². The predicted molar refractivity (Wildman–Crippen MR) is 109 cm³/mol. The molecule has 1 aromatic carbocycles. The lowest BCUT2D eigenvalue weighted by Crippen LogP contribution is -2.40. The topological polar surface area (TPSA) is 55.6 Å². The molecule has 1 saturated heterocycles. The van der Waals surface area contributed by atoms with E-state index in [-0.39, 0.29) is 30.5 Å². The molecule has 2 heterocycles. The second kappa shape index (κ2) is 10.1. The van der Waals surface area contributed by atoms with Gasteiger partial charge >= 0.3 is 0 Å². The lowest BCUT2D eigenvalue weighted by Gasteiger charge is -2.25. The number of hydrogen-bond acceptors (Lipinski definition) is 4. The van der Waals surface area contributed by atoms with Crippen LogP contribution in [0.5, 0.6) is 0 Å². The van der Waals surface area contributed by atoms with E-state index in [0.717, 1.165) is 19.3 Å². The Morgan fingerprint density at radius 1 is 1.23 bits per heavy atom. The Morgan fingerprint density at radius 3 is 2.62 bits per heavy atom. The lowest BCUT2D eigenvalue weighted by molar-refractivity contribution is -0.143. The Balaban J connectivity index is 0.00000243. The van der Waals surface area contributed by atoms with Crippen LogP contribution in [0.2, 0.25) is 0 Å². The standard InChI is InChI=1S/C20H26N2O2S.ClH/c1-15-7-9-18(25-15)14-22(12-11-16-5-3-2-4-6-16)20(23)19-10-8-17(13-21)24-19;/h2-7,9,17,19H,8,10-14,21H2,1H3;1H/t17-,19+;/m1./s1. The molecule has 1 fully saturated rings. The van der Waals surface area contributed by atoms with Crippen molar-refractivity contribution in [2.75, 3.05) is 13.1 Å². The zero-order valence-corrected chi connectivity index (χ0v) is 16.7. The number of nitrogens with zero attached hydrogens (tertiary/aromatic N) is 1. The molecule has 6 heteroatoms. The van der Waals surface area contributed by atoms with Crippen molar-refractivity contribution in [3.8, 4) is 0 Å². The van der Waals surface area contributed by atoms with Crippen LogP contribution < -0.4 is 5.73 Å². The van der Waals surface area contributed by atoms with Crippen LogP contribution in [0, 0.1) is 6.92 Å². The molecule has 3 rings (SSSR count). The third-order valence-corrected chi connectivity index (χ3v) is 5.60. The zero-order valence-electron chi connectivity index (χ0n) is 15.1. The quantitative estimate of drug-likeness (QED) is 0.781. The number of aryl methyl sites for hydroxylation is 1. The summed E-state index contributed by atoms with van der Waals surface area (Å²) in [6, 6.07) is 14.5. The molecule has 2 aromatic rings. The molecular formula is C20H27ClN2O2S. The average Bonchev–Trinajstić information content (AvgIpc) is 3.27. The van der Waals surface area contributed by atoms with Crippen LogP contribution >= 0.6 is 23.7 Å². The van der Waals surface area contributed by atoms with Gasteiger partial charge in [-0.2, -0.15) is 0 Å². The fourth-order valence-corrected chi connectivity index (χ4v) is 4.10. The first-order valence-electron chi connectivity index (χ1n) is 8.89. The summed E-state index contributed by atoms with van der Waals surface area (Å²) in [7, 11) is 0. The smallest absolute Gasteiger partial charge is 0.252 e. The zero-order chi connectivity index (χ0) is 17.6. The summed E-state index contributed by atoms with van der Waals surface area (Å²) in [5, 5.41) is 0. The molecule has 0 spiro atoms. The molecule has 1 aliphatic heterocycles. The van der Waals surface area contributed by atoms with E-state index in [9.17, 15) is 4.79 Å². The molecule has 142 valence electrons. The molecule has 4 nitrogen and oxygen atoms in total. The van der Waals surface area contributed by atoms with Crippen molar-refractivity contribution >= 4 is 29.7 Å². The summed E-state index contributed by atoms with van der Waals surface area (Å²) in [4.78, 5) is 17.4. The van der Waals surface area contributed by atoms with Crippen molar-refractivity contribution in [1.29, 1.82) is 0 Å². The number of ether oxygens (including phenoxy) is 1. The summed E-state index contributed by atoms with van der Waals surface area (Å²) >= 11 is 1.75. The van der Waals surface area contributed by atoms with Gasteiger partial charge in [-0.3, -0.25) is 4.79 Å². The third kappa shape index (κ3) is 5.55. The lowest BCUT2D eigenvalue weighted by atomic mass is 10.1. The monoisotopic (exact) mass is 394 g/mol. The third-order valence-electron chi connectivity index (χ3n) is 4.61. The van der Waals surface area contributed by atoms with Gasteiger partial charge in [-0.1, -0.05) is 30.3 Å². The van der Waals surface area contributed by atoms with Gasteiger partial charge in [0.05, 0.1) is 12.6 Å². The van der Waals surface area contributed by atoms with Crippen LogP contribution in [0.1, 0.15) is 28.2 Å². The van der Waals surface area contributed by atoms with Crippen LogP contribution in [-0.4, -0.2) is 36.1 Å². The molecular weight excluding hydrogens is 368 g/mol. The molecule has 0 bridgehead atoms. The van der Waals surface area contributed by atoms with E-state index < -0.39 is 0 Å². The highest BCUT2D eigenvalue weighted by Gasteiger charge is 2.32. The fraction of sp³-hybridized carbons (Fsp3) is 0.450. The van der Waals surface area contributed by atoms with Gasteiger partial charge in [-0.15, -0.1) is 23.7 Å². The van der Waals surface area contributed by atoms with E-state index in [4.69, 9.17) is 10.5 Å². The first-order valence-corrected chi connectivity index (χ1v) is 9.71. The van der Waals surface area contributed by atoms with Crippen LogP contribution in [0.25, 0.3) is 0 Å². The van der Waals surface area contributed by atoms with Gasteiger partial charge in [0.25, 0.3) is 5.91 Å². The highest BCUT2D eigenvalue weighted by Crippen LogP contribution is 2.23.